The topological polar surface area (TPSA) is 40.5 Å². The van der Waals surface area contributed by atoms with E-state index in [-0.39, 0.29) is 12.4 Å². The lowest BCUT2D eigenvalue weighted by molar-refractivity contribution is -0.890. The predicted molar refractivity (Wildman–Crippen MR) is 101 cm³/mol. The summed E-state index contributed by atoms with van der Waals surface area (Å²) in [4.78, 5) is 0. The Balaban J connectivity index is 0. The molecular weight excluding hydrogens is 322 g/mol. The Morgan fingerprint density at radius 2 is 0.792 bits per heavy atom. The van der Waals surface area contributed by atoms with Crippen molar-refractivity contribution in [2.45, 2.75) is 89.9 Å². The summed E-state index contributed by atoms with van der Waals surface area (Å²) in [6.45, 7) is 2.73. The van der Waals surface area contributed by atoms with Gasteiger partial charge in [-0.3, -0.25) is 0 Å². The Hall–Kier alpha value is 0.170. The number of quaternary nitrogens is 1. The molecule has 24 heavy (non-hydrogen) atoms. The second-order valence-corrected chi connectivity index (χ2v) is 7.78. The van der Waals surface area contributed by atoms with Crippen molar-refractivity contribution in [3.63, 3.8) is 0 Å². The number of nitrogens with zero attached hydrogens (tertiary/aromatic N) is 1. The van der Waals surface area contributed by atoms with Gasteiger partial charge in [-0.25, -0.2) is 0 Å². The van der Waals surface area contributed by atoms with E-state index < -0.39 is 0 Å². The molecule has 0 spiro atoms. The highest BCUT2D eigenvalue weighted by Gasteiger charge is 2.12. The number of hydrogen-bond donors (Lipinski definition) is 2. The van der Waals surface area contributed by atoms with Crippen LogP contribution in [-0.2, 0) is 0 Å². The molecule has 0 amide bonds. The van der Waals surface area contributed by atoms with Crippen molar-refractivity contribution in [3.8, 4) is 0 Å². The normalized spacial score (nSPS) is 11.5. The van der Waals surface area contributed by atoms with Crippen LogP contribution in [0.2, 0.25) is 0 Å². The van der Waals surface area contributed by atoms with Gasteiger partial charge in [0.05, 0.1) is 27.2 Å². The Kier molecular flexibility index (Phi) is 21.4. The van der Waals surface area contributed by atoms with Gasteiger partial charge in [0, 0.05) is 6.61 Å². The lowest BCUT2D eigenvalue weighted by Gasteiger charge is -2.28. The summed E-state index contributed by atoms with van der Waals surface area (Å²) in [5.74, 6) is 0. The summed E-state index contributed by atoms with van der Waals surface area (Å²) in [5.41, 5.74) is 0. The smallest absolute Gasteiger partial charge is 0.102 e. The highest BCUT2D eigenvalue weighted by molar-refractivity contribution is 4.49. The molecule has 0 rings (SSSR count). The molecule has 0 atom stereocenters. The van der Waals surface area contributed by atoms with Crippen molar-refractivity contribution in [1.82, 2.24) is 0 Å². The van der Waals surface area contributed by atoms with Gasteiger partial charge in [-0.1, -0.05) is 70.6 Å². The highest BCUT2D eigenvalue weighted by Crippen LogP contribution is 2.13. The van der Waals surface area contributed by atoms with Gasteiger partial charge in [-0.05, 0) is 19.3 Å². The fourth-order valence-electron chi connectivity index (χ4n) is 3.16. The molecule has 0 bridgehead atoms. The summed E-state index contributed by atoms with van der Waals surface area (Å²) in [5, 5.41) is 17.7. The van der Waals surface area contributed by atoms with Crippen LogP contribution in [0.3, 0.4) is 0 Å². The molecule has 0 saturated carbocycles. The average Bonchev–Trinajstić information content (AvgIpc) is 2.51. The van der Waals surface area contributed by atoms with Gasteiger partial charge in [-0.15, -0.1) is 0 Å². The first kappa shape index (κ1) is 26.4. The van der Waals surface area contributed by atoms with E-state index in [1.54, 1.807) is 0 Å². The molecule has 0 aliphatic heterocycles. The lowest BCUT2D eigenvalue weighted by Crippen LogP contribution is -3.00. The van der Waals surface area contributed by atoms with Gasteiger partial charge >= 0.3 is 0 Å². The van der Waals surface area contributed by atoms with Gasteiger partial charge < -0.3 is 27.1 Å². The minimum Gasteiger partial charge on any atom is -1.00 e. The number of halogens is 1. The van der Waals surface area contributed by atoms with Gasteiger partial charge in [0.2, 0.25) is 0 Å². The SMILES string of the molecule is C[N+](C)(CCO)CCCCCCCCCCCCCCCCO.[Cl-]. The first-order chi connectivity index (χ1) is 11.1. The fourth-order valence-corrected chi connectivity index (χ4v) is 3.16. The number of rotatable bonds is 18. The highest BCUT2D eigenvalue weighted by atomic mass is 35.5. The molecule has 0 unspecified atom stereocenters. The van der Waals surface area contributed by atoms with Crippen LogP contribution in [0, 0.1) is 0 Å². The summed E-state index contributed by atoms with van der Waals surface area (Å²) in [6.07, 6.45) is 18.7. The molecule has 2 N–H and O–H groups in total. The van der Waals surface area contributed by atoms with E-state index >= 15 is 0 Å². The van der Waals surface area contributed by atoms with E-state index in [1.165, 1.54) is 90.0 Å². The molecule has 0 aliphatic carbocycles. The van der Waals surface area contributed by atoms with Crippen molar-refractivity contribution >= 4 is 0 Å². The molecule has 0 aliphatic rings. The number of aliphatic hydroxyl groups excluding tert-OH is 2. The number of aliphatic hydroxyl groups is 2. The quantitative estimate of drug-likeness (QED) is 0.285. The standard InChI is InChI=1S/C20H44NO2.ClH/c1-21(2,18-20-23)17-15-13-11-9-7-5-3-4-6-8-10-12-14-16-19-22;/h22-23H,3-20H2,1-2H3;1H/q+1;/p-1. The van der Waals surface area contributed by atoms with Crippen molar-refractivity contribution in [1.29, 1.82) is 0 Å². The maximum atomic E-state index is 9.00. The maximum Gasteiger partial charge on any atom is 0.102 e. The van der Waals surface area contributed by atoms with Crippen LogP contribution < -0.4 is 12.4 Å². The third kappa shape index (κ3) is 20.2. The van der Waals surface area contributed by atoms with Crippen molar-refractivity contribution in [3.05, 3.63) is 0 Å². The predicted octanol–water partition coefficient (Wildman–Crippen LogP) is 1.51. The van der Waals surface area contributed by atoms with E-state index in [2.05, 4.69) is 14.1 Å². The maximum absolute atomic E-state index is 9.00. The van der Waals surface area contributed by atoms with E-state index in [0.717, 1.165) is 17.4 Å². The zero-order valence-electron chi connectivity index (χ0n) is 16.4. The molecule has 0 fully saturated rings. The second-order valence-electron chi connectivity index (χ2n) is 7.78. The first-order valence-electron chi connectivity index (χ1n) is 10.2. The summed E-state index contributed by atoms with van der Waals surface area (Å²) < 4.78 is 0.955. The Morgan fingerprint density at radius 1 is 0.458 bits per heavy atom. The summed E-state index contributed by atoms with van der Waals surface area (Å²) in [6, 6.07) is 0. The minimum atomic E-state index is 0. The fraction of sp³-hybridized carbons (Fsp3) is 1.00. The second kappa shape index (κ2) is 19.5. The summed E-state index contributed by atoms with van der Waals surface area (Å²) in [7, 11) is 4.42. The van der Waals surface area contributed by atoms with Crippen molar-refractivity contribution in [2.24, 2.45) is 0 Å². The van der Waals surface area contributed by atoms with Crippen LogP contribution in [0.5, 0.6) is 0 Å². The zero-order chi connectivity index (χ0) is 17.2. The van der Waals surface area contributed by atoms with Crippen molar-refractivity contribution < 1.29 is 27.1 Å². The molecule has 148 valence electrons. The molecule has 0 radical (unpaired) electrons. The molecule has 0 heterocycles. The van der Waals surface area contributed by atoms with Gasteiger partial charge in [0.25, 0.3) is 0 Å². The zero-order valence-corrected chi connectivity index (χ0v) is 17.2. The molecule has 4 heteroatoms. The molecule has 0 aromatic heterocycles. The molecule has 0 aromatic rings. The number of unbranched alkanes of at least 4 members (excludes halogenated alkanes) is 13. The Morgan fingerprint density at radius 3 is 1.12 bits per heavy atom. The number of likely N-dealkylation sites (N-methyl/N-ethyl adjacent to an activating group) is 1. The largest absolute Gasteiger partial charge is 1.00 e. The van der Waals surface area contributed by atoms with Crippen LogP contribution in [0.1, 0.15) is 89.9 Å². The molecule has 0 saturated heterocycles. The summed E-state index contributed by atoms with van der Waals surface area (Å²) >= 11 is 0. The lowest BCUT2D eigenvalue weighted by atomic mass is 10.0. The van der Waals surface area contributed by atoms with Crippen LogP contribution in [0.4, 0.5) is 0 Å². The average molecular weight is 366 g/mol. The van der Waals surface area contributed by atoms with E-state index in [0.29, 0.717) is 13.2 Å². The molecular formula is C20H44ClNO2. The van der Waals surface area contributed by atoms with Crippen LogP contribution in [0.25, 0.3) is 0 Å². The first-order valence-corrected chi connectivity index (χ1v) is 10.2. The molecule has 3 nitrogen and oxygen atoms in total. The molecule has 0 aromatic carbocycles. The van der Waals surface area contributed by atoms with Gasteiger partial charge in [0.15, 0.2) is 0 Å². The van der Waals surface area contributed by atoms with E-state index in [4.69, 9.17) is 10.2 Å². The minimum absolute atomic E-state index is 0. The third-order valence-corrected chi connectivity index (χ3v) is 4.88. The monoisotopic (exact) mass is 365 g/mol. The third-order valence-electron chi connectivity index (χ3n) is 4.88. The van der Waals surface area contributed by atoms with Crippen LogP contribution >= 0.6 is 0 Å². The van der Waals surface area contributed by atoms with Gasteiger partial charge in [-0.2, -0.15) is 0 Å². The Labute approximate surface area is 157 Å². The van der Waals surface area contributed by atoms with Gasteiger partial charge in [0.1, 0.15) is 6.54 Å². The van der Waals surface area contributed by atoms with Crippen LogP contribution in [0.15, 0.2) is 0 Å². The van der Waals surface area contributed by atoms with E-state index in [1.807, 2.05) is 0 Å². The van der Waals surface area contributed by atoms with E-state index in [9.17, 15) is 0 Å². The van der Waals surface area contributed by atoms with Crippen LogP contribution in [-0.4, -0.2) is 55.1 Å². The van der Waals surface area contributed by atoms with Crippen molar-refractivity contribution in [2.75, 3.05) is 40.4 Å². The Bertz CT molecular complexity index is 238. The number of hydrogen-bond acceptors (Lipinski definition) is 2.